The van der Waals surface area contributed by atoms with Gasteiger partial charge in [0.25, 0.3) is 0 Å². The first-order valence-electron chi connectivity index (χ1n) is 22.6. The summed E-state index contributed by atoms with van der Waals surface area (Å²) in [6.07, 6.45) is 69.5. The van der Waals surface area contributed by atoms with Gasteiger partial charge < -0.3 is 15.5 Å². The molecule has 0 fully saturated rings. The van der Waals surface area contributed by atoms with E-state index in [0.717, 1.165) is 77.0 Å². The lowest BCUT2D eigenvalue weighted by Crippen LogP contribution is -2.45. The van der Waals surface area contributed by atoms with Crippen molar-refractivity contribution in [1.29, 1.82) is 0 Å². The van der Waals surface area contributed by atoms with Crippen molar-refractivity contribution in [3.05, 3.63) is 109 Å². The molecule has 0 saturated heterocycles. The fourth-order valence-electron chi connectivity index (χ4n) is 6.07. The Balaban J connectivity index is 3.54. The number of carbonyl (C=O) groups is 1. The molecule has 2 atom stereocenters. The van der Waals surface area contributed by atoms with E-state index < -0.39 is 12.1 Å². The molecule has 0 aliphatic carbocycles. The fraction of sp³-hybridized carbons (Fsp3) is 0.627. The zero-order valence-corrected chi connectivity index (χ0v) is 35.6. The van der Waals surface area contributed by atoms with Gasteiger partial charge in [-0.2, -0.15) is 0 Å². The topological polar surface area (TPSA) is 69.6 Å². The number of nitrogens with one attached hydrogen (secondary N) is 1. The van der Waals surface area contributed by atoms with Crippen molar-refractivity contribution in [3.63, 3.8) is 0 Å². The highest BCUT2D eigenvalue weighted by Gasteiger charge is 2.17. The minimum Gasteiger partial charge on any atom is -0.394 e. The average Bonchev–Trinajstić information content (AvgIpc) is 3.19. The summed E-state index contributed by atoms with van der Waals surface area (Å²) in [5.74, 6) is -0.0777. The number of aliphatic hydroxyl groups excluding tert-OH is 2. The van der Waals surface area contributed by atoms with Crippen molar-refractivity contribution < 1.29 is 15.0 Å². The van der Waals surface area contributed by atoms with E-state index >= 15 is 0 Å². The van der Waals surface area contributed by atoms with Crippen LogP contribution in [0.15, 0.2) is 109 Å². The second-order valence-electron chi connectivity index (χ2n) is 14.7. The predicted octanol–water partition coefficient (Wildman–Crippen LogP) is 14.4. The number of hydrogen-bond donors (Lipinski definition) is 3. The van der Waals surface area contributed by atoms with Crippen LogP contribution in [0.4, 0.5) is 0 Å². The number of carbonyl (C=O) groups excluding carboxylic acids is 1. The first kappa shape index (κ1) is 52.0. The lowest BCUT2D eigenvalue weighted by atomic mass is 10.0. The third kappa shape index (κ3) is 42.0. The monoisotopic (exact) mass is 760 g/mol. The first-order valence-corrected chi connectivity index (χ1v) is 22.6. The lowest BCUT2D eigenvalue weighted by Gasteiger charge is -2.20. The molecule has 0 spiro atoms. The second kappa shape index (κ2) is 45.4. The van der Waals surface area contributed by atoms with Crippen LogP contribution in [0.1, 0.15) is 187 Å². The third-order valence-electron chi connectivity index (χ3n) is 9.51. The third-order valence-corrected chi connectivity index (χ3v) is 9.51. The second-order valence-corrected chi connectivity index (χ2v) is 14.7. The van der Waals surface area contributed by atoms with E-state index in [1.165, 1.54) is 89.9 Å². The van der Waals surface area contributed by atoms with Crippen LogP contribution >= 0.6 is 0 Å². The Labute approximate surface area is 340 Å². The Bertz CT molecular complexity index is 1090. The molecular formula is C51H85NO3. The van der Waals surface area contributed by atoms with Crippen LogP contribution in [0.25, 0.3) is 0 Å². The summed E-state index contributed by atoms with van der Waals surface area (Å²) in [5, 5.41) is 22.7. The van der Waals surface area contributed by atoms with Gasteiger partial charge in [-0.05, 0) is 83.5 Å². The molecule has 0 aliphatic rings. The summed E-state index contributed by atoms with van der Waals surface area (Å²) >= 11 is 0. The van der Waals surface area contributed by atoms with Gasteiger partial charge in [-0.3, -0.25) is 4.79 Å². The highest BCUT2D eigenvalue weighted by Crippen LogP contribution is 2.13. The standard InChI is InChI=1S/C51H85NO3/c1-3-5-7-9-11-12-13-14-15-16-17-18-19-20-21-22-23-24-25-26-27-28-29-30-31-32-33-34-35-36-37-38-39-40-41-43-45-47-51(55)52-49(48-53)50(54)46-44-42-10-8-6-4-2/h5,7,11-12,14-15,17-18,20-21,23-24,26-27,29-30,44,46,49-50,53-54H,3-4,6,8-10,13,16,19,22,25,28,31-43,45,47-48H2,1-2H3,(H,52,55)/b7-5-,12-11-,15-14-,18-17-,21-20-,24-23-,27-26-,30-29-,46-44+. The molecule has 4 nitrogen and oxygen atoms in total. The Morgan fingerprint density at radius 3 is 1.20 bits per heavy atom. The maximum atomic E-state index is 12.3. The van der Waals surface area contributed by atoms with Gasteiger partial charge in [-0.25, -0.2) is 0 Å². The molecule has 0 radical (unpaired) electrons. The van der Waals surface area contributed by atoms with Gasteiger partial charge in [0, 0.05) is 6.42 Å². The Kier molecular flexibility index (Phi) is 43.0. The van der Waals surface area contributed by atoms with E-state index in [2.05, 4.69) is 116 Å². The molecule has 312 valence electrons. The Hall–Kier alpha value is -2.95. The van der Waals surface area contributed by atoms with Crippen molar-refractivity contribution in [2.24, 2.45) is 0 Å². The minimum absolute atomic E-state index is 0.0777. The van der Waals surface area contributed by atoms with Gasteiger partial charge in [-0.1, -0.05) is 207 Å². The molecule has 0 heterocycles. The molecule has 4 heteroatoms. The minimum atomic E-state index is -0.841. The van der Waals surface area contributed by atoms with Crippen LogP contribution < -0.4 is 5.32 Å². The highest BCUT2D eigenvalue weighted by molar-refractivity contribution is 5.76. The van der Waals surface area contributed by atoms with Gasteiger partial charge >= 0.3 is 0 Å². The van der Waals surface area contributed by atoms with Gasteiger partial charge in [0.1, 0.15) is 0 Å². The molecule has 0 aromatic carbocycles. The van der Waals surface area contributed by atoms with E-state index in [9.17, 15) is 15.0 Å². The molecule has 1 amide bonds. The molecule has 0 saturated carbocycles. The molecule has 55 heavy (non-hydrogen) atoms. The largest absolute Gasteiger partial charge is 0.394 e. The predicted molar refractivity (Wildman–Crippen MR) is 243 cm³/mol. The molecule has 0 aliphatic heterocycles. The van der Waals surface area contributed by atoms with Crippen LogP contribution in [-0.2, 0) is 4.79 Å². The van der Waals surface area contributed by atoms with Gasteiger partial charge in [0.2, 0.25) is 5.91 Å². The van der Waals surface area contributed by atoms with Crippen molar-refractivity contribution in [3.8, 4) is 0 Å². The number of rotatable bonds is 39. The quantitative estimate of drug-likeness (QED) is 0.0432. The van der Waals surface area contributed by atoms with Crippen molar-refractivity contribution in [1.82, 2.24) is 5.32 Å². The molecule has 0 rings (SSSR count). The smallest absolute Gasteiger partial charge is 0.220 e. The highest BCUT2D eigenvalue weighted by atomic mass is 16.3. The van der Waals surface area contributed by atoms with Gasteiger partial charge in [0.05, 0.1) is 18.8 Å². The molecular weight excluding hydrogens is 675 g/mol. The van der Waals surface area contributed by atoms with Crippen molar-refractivity contribution in [2.45, 2.75) is 199 Å². The van der Waals surface area contributed by atoms with Crippen LogP contribution in [0, 0.1) is 0 Å². The molecule has 0 aromatic rings. The van der Waals surface area contributed by atoms with Gasteiger partial charge in [0.15, 0.2) is 0 Å². The van der Waals surface area contributed by atoms with E-state index in [-0.39, 0.29) is 12.5 Å². The van der Waals surface area contributed by atoms with Crippen LogP contribution in [0.3, 0.4) is 0 Å². The van der Waals surface area contributed by atoms with Gasteiger partial charge in [-0.15, -0.1) is 0 Å². The maximum absolute atomic E-state index is 12.3. The van der Waals surface area contributed by atoms with Crippen LogP contribution in [0.5, 0.6) is 0 Å². The number of amides is 1. The van der Waals surface area contributed by atoms with Crippen LogP contribution in [0.2, 0.25) is 0 Å². The number of aliphatic hydroxyl groups is 2. The van der Waals surface area contributed by atoms with Crippen LogP contribution in [-0.4, -0.2) is 34.9 Å². The number of hydrogen-bond acceptors (Lipinski definition) is 3. The van der Waals surface area contributed by atoms with E-state index in [1.807, 2.05) is 6.08 Å². The number of allylic oxidation sites excluding steroid dienone is 17. The Morgan fingerprint density at radius 2 is 0.800 bits per heavy atom. The number of unbranched alkanes of at least 4 members (excludes halogenated alkanes) is 16. The maximum Gasteiger partial charge on any atom is 0.220 e. The van der Waals surface area contributed by atoms with E-state index in [0.29, 0.717) is 6.42 Å². The molecule has 0 bridgehead atoms. The summed E-state index contributed by atoms with van der Waals surface area (Å²) in [5.41, 5.74) is 0. The fourth-order valence-corrected chi connectivity index (χ4v) is 6.07. The summed E-state index contributed by atoms with van der Waals surface area (Å²) in [4.78, 5) is 12.3. The molecule has 0 aromatic heterocycles. The normalized spacial score (nSPS) is 14.0. The molecule has 2 unspecified atom stereocenters. The summed E-state index contributed by atoms with van der Waals surface area (Å²) in [6.45, 7) is 4.10. The SMILES string of the molecule is CC/C=C\C/C=C\C/C=C\C/C=C\C/C=C\C/C=C\C/C=C\C/C=C\CCCCCCCCCCCCCCC(=O)NC(CO)C(O)/C=C/CCCCCC. The summed E-state index contributed by atoms with van der Waals surface area (Å²) in [7, 11) is 0. The van der Waals surface area contributed by atoms with E-state index in [1.54, 1.807) is 6.08 Å². The zero-order valence-electron chi connectivity index (χ0n) is 35.6. The molecule has 3 N–H and O–H groups in total. The summed E-state index contributed by atoms with van der Waals surface area (Å²) < 4.78 is 0. The average molecular weight is 760 g/mol. The van der Waals surface area contributed by atoms with Crippen molar-refractivity contribution in [2.75, 3.05) is 6.61 Å². The zero-order chi connectivity index (χ0) is 40.0. The summed E-state index contributed by atoms with van der Waals surface area (Å²) in [6, 6.07) is -0.625. The Morgan fingerprint density at radius 1 is 0.455 bits per heavy atom. The first-order chi connectivity index (χ1) is 27.2. The van der Waals surface area contributed by atoms with Crippen molar-refractivity contribution >= 4 is 5.91 Å². The lowest BCUT2D eigenvalue weighted by molar-refractivity contribution is -0.123. The van der Waals surface area contributed by atoms with E-state index in [4.69, 9.17) is 0 Å².